The quantitative estimate of drug-likeness (QED) is 0.259. The summed E-state index contributed by atoms with van der Waals surface area (Å²) < 4.78 is 0. The Kier molecular flexibility index (Phi) is 2.66. The standard InChI is InChI=1S/C28H13N3O/c29-25-13-5-1-2-6-14(13)26-21-17(25)9-11-19-23(21)24-20(30-26)12-10-18-22(24)27(31-19)15-7-3-4-8-16(15)28(18)32/h1-12,29H. The molecular formula is C28H13N3O. The summed E-state index contributed by atoms with van der Waals surface area (Å²) in [4.78, 5) is 23.5. The van der Waals surface area contributed by atoms with Gasteiger partial charge in [0.15, 0.2) is 5.43 Å². The summed E-state index contributed by atoms with van der Waals surface area (Å²) in [5, 5.41) is 18.1. The minimum atomic E-state index is 0.0264. The van der Waals surface area contributed by atoms with Crippen molar-refractivity contribution in [3.63, 3.8) is 0 Å². The fourth-order valence-corrected chi connectivity index (χ4v) is 5.59. The van der Waals surface area contributed by atoms with Crippen LogP contribution in [-0.2, 0) is 0 Å². The average molecular weight is 407 g/mol. The molecule has 0 atom stereocenters. The van der Waals surface area contributed by atoms with E-state index in [0.717, 1.165) is 65.2 Å². The van der Waals surface area contributed by atoms with Crippen LogP contribution in [0.15, 0.2) is 77.6 Å². The third-order valence-corrected chi connectivity index (χ3v) is 6.95. The molecule has 2 heterocycles. The van der Waals surface area contributed by atoms with Crippen molar-refractivity contribution >= 4 is 75.9 Å². The van der Waals surface area contributed by atoms with E-state index in [1.165, 1.54) is 0 Å². The van der Waals surface area contributed by atoms with Crippen LogP contribution in [0.5, 0.6) is 0 Å². The van der Waals surface area contributed by atoms with E-state index >= 15 is 0 Å². The fourth-order valence-electron chi connectivity index (χ4n) is 5.59. The number of nitrogens with one attached hydrogen (secondary N) is 1. The minimum absolute atomic E-state index is 0.0264. The second-order valence-corrected chi connectivity index (χ2v) is 8.48. The van der Waals surface area contributed by atoms with Gasteiger partial charge in [0.05, 0.1) is 27.4 Å². The highest BCUT2D eigenvalue weighted by Crippen LogP contribution is 2.42. The lowest BCUT2D eigenvalue weighted by Crippen LogP contribution is -2.07. The molecule has 8 aromatic rings. The molecule has 32 heavy (non-hydrogen) atoms. The molecule has 0 aliphatic rings. The van der Waals surface area contributed by atoms with Gasteiger partial charge in [-0.15, -0.1) is 0 Å². The van der Waals surface area contributed by atoms with E-state index in [4.69, 9.17) is 15.4 Å². The number of hydrogen-bond donors (Lipinski definition) is 1. The van der Waals surface area contributed by atoms with E-state index in [9.17, 15) is 4.79 Å². The van der Waals surface area contributed by atoms with E-state index in [1.807, 2.05) is 72.8 Å². The van der Waals surface area contributed by atoms with Gasteiger partial charge in [0.1, 0.15) is 0 Å². The highest BCUT2D eigenvalue weighted by Gasteiger charge is 2.22. The number of pyridine rings is 2. The van der Waals surface area contributed by atoms with Crippen LogP contribution in [0, 0.1) is 5.41 Å². The largest absolute Gasteiger partial charge is 0.300 e. The first-order chi connectivity index (χ1) is 15.7. The van der Waals surface area contributed by atoms with Gasteiger partial charge in [-0.25, -0.2) is 9.97 Å². The summed E-state index contributed by atoms with van der Waals surface area (Å²) in [5.41, 5.74) is 3.47. The average Bonchev–Trinajstić information content (AvgIpc) is 2.85. The highest BCUT2D eigenvalue weighted by atomic mass is 16.1. The maximum atomic E-state index is 13.4. The first-order valence-electron chi connectivity index (χ1n) is 10.6. The Morgan fingerprint density at radius 2 is 1.00 bits per heavy atom. The normalized spacial score (nSPS) is 12.6. The Hall–Kier alpha value is -4.44. The number of rotatable bonds is 0. The van der Waals surface area contributed by atoms with Crippen molar-refractivity contribution in [3.8, 4) is 0 Å². The molecule has 2 aromatic heterocycles. The molecule has 0 amide bonds. The Morgan fingerprint density at radius 3 is 1.66 bits per heavy atom. The van der Waals surface area contributed by atoms with Crippen molar-refractivity contribution in [2.75, 3.05) is 0 Å². The molecule has 0 saturated carbocycles. The highest BCUT2D eigenvalue weighted by molar-refractivity contribution is 6.37. The van der Waals surface area contributed by atoms with Crippen LogP contribution < -0.4 is 10.8 Å². The molecule has 0 saturated heterocycles. The number of benzene rings is 6. The number of nitrogens with zero attached hydrogens (tertiary/aromatic N) is 2. The number of fused-ring (bicyclic) bond motifs is 4. The van der Waals surface area contributed by atoms with Crippen molar-refractivity contribution in [2.45, 2.75) is 0 Å². The van der Waals surface area contributed by atoms with Crippen molar-refractivity contribution in [1.29, 1.82) is 5.41 Å². The van der Waals surface area contributed by atoms with Crippen molar-refractivity contribution in [1.82, 2.24) is 9.97 Å². The molecule has 0 unspecified atom stereocenters. The molecule has 0 spiro atoms. The zero-order valence-corrected chi connectivity index (χ0v) is 16.7. The summed E-state index contributed by atoms with van der Waals surface area (Å²) in [6, 6.07) is 23.5. The first kappa shape index (κ1) is 16.3. The molecule has 146 valence electrons. The molecule has 4 heteroatoms. The van der Waals surface area contributed by atoms with Gasteiger partial charge in [-0.1, -0.05) is 48.5 Å². The van der Waals surface area contributed by atoms with Crippen LogP contribution in [0.2, 0.25) is 0 Å². The lowest BCUT2D eigenvalue weighted by Gasteiger charge is -2.17. The molecule has 1 N–H and O–H groups in total. The minimum Gasteiger partial charge on any atom is -0.300 e. The van der Waals surface area contributed by atoms with Gasteiger partial charge in [0.25, 0.3) is 0 Å². The number of aromatic nitrogens is 2. The van der Waals surface area contributed by atoms with E-state index in [0.29, 0.717) is 16.1 Å². The maximum Gasteiger partial charge on any atom is 0.194 e. The van der Waals surface area contributed by atoms with Gasteiger partial charge < -0.3 is 0 Å². The first-order valence-corrected chi connectivity index (χ1v) is 10.6. The summed E-state index contributed by atoms with van der Waals surface area (Å²) >= 11 is 0. The van der Waals surface area contributed by atoms with Gasteiger partial charge in [-0.05, 0) is 24.3 Å². The molecule has 0 radical (unpaired) electrons. The Morgan fingerprint density at radius 1 is 0.500 bits per heavy atom. The summed E-state index contributed by atoms with van der Waals surface area (Å²) in [7, 11) is 0. The van der Waals surface area contributed by atoms with Gasteiger partial charge in [-0.3, -0.25) is 10.2 Å². The van der Waals surface area contributed by atoms with Crippen LogP contribution in [0.3, 0.4) is 0 Å². The molecular weight excluding hydrogens is 394 g/mol. The zero-order valence-electron chi connectivity index (χ0n) is 16.7. The Labute approximate surface area is 179 Å². The van der Waals surface area contributed by atoms with Gasteiger partial charge in [-0.2, -0.15) is 0 Å². The van der Waals surface area contributed by atoms with Crippen LogP contribution in [0.1, 0.15) is 0 Å². The van der Waals surface area contributed by atoms with E-state index in [-0.39, 0.29) is 5.43 Å². The molecule has 6 aromatic carbocycles. The van der Waals surface area contributed by atoms with E-state index in [2.05, 4.69) is 0 Å². The topological polar surface area (TPSA) is 66.7 Å². The van der Waals surface area contributed by atoms with Crippen LogP contribution in [0.25, 0.3) is 75.9 Å². The third kappa shape index (κ3) is 1.69. The van der Waals surface area contributed by atoms with Crippen molar-refractivity contribution in [3.05, 3.63) is 88.4 Å². The van der Waals surface area contributed by atoms with Crippen molar-refractivity contribution < 1.29 is 0 Å². The summed E-state index contributed by atoms with van der Waals surface area (Å²) in [6.07, 6.45) is 0. The lowest BCUT2D eigenvalue weighted by molar-refractivity contribution is 1.34. The lowest BCUT2D eigenvalue weighted by atomic mass is 9.90. The Balaban J connectivity index is 1.81. The predicted molar refractivity (Wildman–Crippen MR) is 130 cm³/mol. The second kappa shape index (κ2) is 5.24. The van der Waals surface area contributed by atoms with Gasteiger partial charge in [0.2, 0.25) is 0 Å². The zero-order chi connectivity index (χ0) is 21.1. The maximum absolute atomic E-state index is 13.4. The Bertz CT molecular complexity index is 2030. The number of hydrogen-bond acceptors (Lipinski definition) is 4. The van der Waals surface area contributed by atoms with E-state index < -0.39 is 0 Å². The monoisotopic (exact) mass is 407 g/mol. The summed E-state index contributed by atoms with van der Waals surface area (Å²) in [6.45, 7) is 0. The van der Waals surface area contributed by atoms with Crippen LogP contribution >= 0.6 is 0 Å². The molecule has 4 nitrogen and oxygen atoms in total. The van der Waals surface area contributed by atoms with E-state index in [1.54, 1.807) is 0 Å². The molecule has 0 bridgehead atoms. The summed E-state index contributed by atoms with van der Waals surface area (Å²) in [5.74, 6) is 0. The molecule has 0 fully saturated rings. The SMILES string of the molecule is N=c1c2ccccc2c2nc3ccc4c(=O)c5ccccc5c5nc6ccc1c2c6c3c45. The van der Waals surface area contributed by atoms with Gasteiger partial charge in [0, 0.05) is 53.9 Å². The second-order valence-electron chi connectivity index (χ2n) is 8.48. The van der Waals surface area contributed by atoms with Gasteiger partial charge >= 0.3 is 0 Å². The van der Waals surface area contributed by atoms with Crippen LogP contribution in [-0.4, -0.2) is 9.97 Å². The fraction of sp³-hybridized carbons (Fsp3) is 0. The molecule has 0 aliphatic heterocycles. The van der Waals surface area contributed by atoms with Crippen LogP contribution in [0.4, 0.5) is 0 Å². The smallest absolute Gasteiger partial charge is 0.194 e. The van der Waals surface area contributed by atoms with Crippen molar-refractivity contribution in [2.24, 2.45) is 0 Å². The molecule has 0 aliphatic carbocycles. The predicted octanol–water partition coefficient (Wildman–Crippen LogP) is 5.70. The third-order valence-electron chi connectivity index (χ3n) is 6.95. The molecule has 8 rings (SSSR count).